The quantitative estimate of drug-likeness (QED) is 0.687. The Bertz CT molecular complexity index is 607. The van der Waals surface area contributed by atoms with Crippen molar-refractivity contribution in [3.05, 3.63) is 35.9 Å². The molecule has 3 atom stereocenters. The second-order valence-electron chi connectivity index (χ2n) is 8.92. The van der Waals surface area contributed by atoms with Crippen molar-refractivity contribution in [1.29, 1.82) is 0 Å². The average Bonchev–Trinajstić information content (AvgIpc) is 2.77. The molecule has 4 nitrogen and oxygen atoms in total. The maximum Gasteiger partial charge on any atom is 0.464 e. The van der Waals surface area contributed by atoms with Crippen LogP contribution in [-0.4, -0.2) is 27.8 Å². The Labute approximate surface area is 162 Å². The first kappa shape index (κ1) is 21.6. The summed E-state index contributed by atoms with van der Waals surface area (Å²) in [4.78, 5) is 0. The van der Waals surface area contributed by atoms with E-state index in [-0.39, 0.29) is 28.9 Å². The first-order valence-electron chi connectivity index (χ1n) is 9.51. The van der Waals surface area contributed by atoms with Crippen LogP contribution in [0.5, 0.6) is 0 Å². The Balaban J connectivity index is 2.13. The second-order valence-corrected chi connectivity index (χ2v) is 10.4. The van der Waals surface area contributed by atoms with Crippen LogP contribution in [-0.2, 0) is 26.7 Å². The van der Waals surface area contributed by atoms with Gasteiger partial charge in [0.15, 0.2) is 0 Å². The van der Waals surface area contributed by atoms with Gasteiger partial charge in [0.2, 0.25) is 0 Å². The minimum Gasteiger partial charge on any atom is -0.403 e. The van der Waals surface area contributed by atoms with Gasteiger partial charge in [-0.2, -0.15) is 0 Å². The third kappa shape index (κ3) is 4.97. The molecule has 0 amide bonds. The smallest absolute Gasteiger partial charge is 0.403 e. The highest BCUT2D eigenvalue weighted by molar-refractivity contribution is 7.83. The highest BCUT2D eigenvalue weighted by Crippen LogP contribution is 2.50. The van der Waals surface area contributed by atoms with Crippen LogP contribution >= 0.6 is 0 Å². The van der Waals surface area contributed by atoms with Gasteiger partial charge in [0.05, 0.1) is 22.2 Å². The maximum atomic E-state index is 11.8. The zero-order valence-electron chi connectivity index (χ0n) is 17.1. The molecule has 2 N–H and O–H groups in total. The van der Waals surface area contributed by atoms with E-state index in [1.54, 1.807) is 0 Å². The molecule has 1 heterocycles. The molecule has 1 aromatic carbocycles. The molecule has 2 unspecified atom stereocenters. The molecular weight excluding hydrogens is 345 g/mol. The molecule has 0 spiro atoms. The van der Waals surface area contributed by atoms with Gasteiger partial charge in [0.25, 0.3) is 0 Å². The summed E-state index contributed by atoms with van der Waals surface area (Å²) in [6, 6.07) is 10.5. The van der Waals surface area contributed by atoms with Crippen LogP contribution in [0.1, 0.15) is 66.4 Å². The molecule has 0 bridgehead atoms. The molecular formula is C20H34BNO3S. The number of hydrogen-bond acceptors (Lipinski definition) is 3. The summed E-state index contributed by atoms with van der Waals surface area (Å²) in [6.45, 7) is 12.4. The first-order valence-corrected chi connectivity index (χ1v) is 10.8. The number of rotatable bonds is 8. The van der Waals surface area contributed by atoms with Crippen molar-refractivity contribution in [3.8, 4) is 0 Å². The molecule has 1 aliphatic heterocycles. The molecule has 1 fully saturated rings. The number of benzene rings is 1. The predicted molar refractivity (Wildman–Crippen MR) is 110 cm³/mol. The van der Waals surface area contributed by atoms with Gasteiger partial charge >= 0.3 is 7.12 Å². The van der Waals surface area contributed by atoms with Gasteiger partial charge in [0.1, 0.15) is 0 Å². The van der Waals surface area contributed by atoms with E-state index in [0.717, 1.165) is 19.3 Å². The Morgan fingerprint density at radius 1 is 1.15 bits per heavy atom. The van der Waals surface area contributed by atoms with Crippen LogP contribution in [0.3, 0.4) is 0 Å². The summed E-state index contributed by atoms with van der Waals surface area (Å²) in [5.74, 6) is 0. The molecule has 26 heavy (non-hydrogen) atoms. The fraction of sp³-hybridized carbons (Fsp3) is 0.700. The third-order valence-electron chi connectivity index (χ3n) is 6.03. The summed E-state index contributed by atoms with van der Waals surface area (Å²) in [7, 11) is -1.67. The van der Waals surface area contributed by atoms with Gasteiger partial charge in [-0.3, -0.25) is 5.14 Å². The first-order chi connectivity index (χ1) is 12.0. The Kier molecular flexibility index (Phi) is 6.76. The van der Waals surface area contributed by atoms with Gasteiger partial charge in [-0.1, -0.05) is 37.3 Å². The molecule has 2 rings (SSSR count). The zero-order chi connectivity index (χ0) is 19.6. The Morgan fingerprint density at radius 3 is 2.19 bits per heavy atom. The van der Waals surface area contributed by atoms with Gasteiger partial charge in [0, 0.05) is 10.6 Å². The van der Waals surface area contributed by atoms with E-state index in [1.807, 2.05) is 13.0 Å². The van der Waals surface area contributed by atoms with E-state index in [9.17, 15) is 4.21 Å². The van der Waals surface area contributed by atoms with E-state index < -0.39 is 11.0 Å². The van der Waals surface area contributed by atoms with Crippen molar-refractivity contribution >= 4 is 18.1 Å². The zero-order valence-corrected chi connectivity index (χ0v) is 17.9. The molecule has 0 radical (unpaired) electrons. The Hall–Kier alpha value is -0.685. The fourth-order valence-corrected chi connectivity index (χ4v) is 4.07. The summed E-state index contributed by atoms with van der Waals surface area (Å²) < 4.78 is 24.5. The van der Waals surface area contributed by atoms with E-state index in [1.165, 1.54) is 5.56 Å². The van der Waals surface area contributed by atoms with Crippen molar-refractivity contribution in [1.82, 2.24) is 0 Å². The van der Waals surface area contributed by atoms with Gasteiger partial charge in [-0.25, -0.2) is 4.21 Å². The van der Waals surface area contributed by atoms with Crippen molar-refractivity contribution in [3.63, 3.8) is 0 Å². The normalized spacial score (nSPS) is 23.4. The highest BCUT2D eigenvalue weighted by Gasteiger charge is 2.57. The van der Waals surface area contributed by atoms with E-state index in [0.29, 0.717) is 6.42 Å². The van der Waals surface area contributed by atoms with Crippen LogP contribution in [0.25, 0.3) is 0 Å². The lowest BCUT2D eigenvalue weighted by Gasteiger charge is -2.33. The molecule has 0 saturated carbocycles. The van der Waals surface area contributed by atoms with Crippen LogP contribution in [0.4, 0.5) is 0 Å². The van der Waals surface area contributed by atoms with Gasteiger partial charge in [-0.15, -0.1) is 0 Å². The van der Waals surface area contributed by atoms with E-state index in [4.69, 9.17) is 14.4 Å². The Morgan fingerprint density at radius 2 is 1.69 bits per heavy atom. The largest absolute Gasteiger partial charge is 0.464 e. The number of aryl methyl sites for hydroxylation is 1. The fourth-order valence-electron chi connectivity index (χ4n) is 3.52. The lowest BCUT2D eigenvalue weighted by molar-refractivity contribution is 0.00578. The topological polar surface area (TPSA) is 61.6 Å². The molecule has 0 aliphatic carbocycles. The third-order valence-corrected chi connectivity index (χ3v) is 6.99. The molecule has 0 aromatic heterocycles. The van der Waals surface area contributed by atoms with Crippen LogP contribution in [0.15, 0.2) is 30.3 Å². The minimum absolute atomic E-state index is 0.101. The molecule has 146 valence electrons. The van der Waals surface area contributed by atoms with Crippen molar-refractivity contribution in [2.24, 2.45) is 5.14 Å². The molecule has 1 aromatic rings. The van der Waals surface area contributed by atoms with Crippen LogP contribution in [0, 0.1) is 0 Å². The number of hydrogen-bond donors (Lipinski definition) is 1. The minimum atomic E-state index is -1.35. The predicted octanol–water partition coefficient (Wildman–Crippen LogP) is 4.26. The second kappa shape index (κ2) is 8.13. The molecule has 6 heteroatoms. The number of nitrogens with two attached hydrogens (primary N) is 1. The highest BCUT2D eigenvalue weighted by atomic mass is 32.2. The summed E-state index contributed by atoms with van der Waals surface area (Å²) in [5.41, 5.74) is 0.589. The van der Waals surface area contributed by atoms with E-state index in [2.05, 4.69) is 58.9 Å². The molecule has 1 aliphatic rings. The summed E-state index contributed by atoms with van der Waals surface area (Å²) in [6.07, 6.45) is 3.67. The average molecular weight is 379 g/mol. The SMILES string of the molecule is CC(C[C@@](C)(CCCc1ccccc1)B1OC(C)(C)C(C)(C)O1)S(N)=O. The summed E-state index contributed by atoms with van der Waals surface area (Å²) in [5, 5.41) is 5.32. The molecule has 1 saturated heterocycles. The van der Waals surface area contributed by atoms with Crippen molar-refractivity contribution in [2.75, 3.05) is 0 Å². The van der Waals surface area contributed by atoms with Gasteiger partial charge < -0.3 is 9.31 Å². The lowest BCUT2D eigenvalue weighted by Crippen LogP contribution is -2.41. The monoisotopic (exact) mass is 379 g/mol. The standard InChI is InChI=1S/C20H34BNO3S/c1-16(26(22)23)15-20(6,14-10-13-17-11-8-7-9-12-17)21-24-18(2,3)19(4,5)25-21/h7-9,11-12,16H,10,13-15,22H2,1-6H3/t16?,20-,26?/m1/s1. The lowest BCUT2D eigenvalue weighted by atomic mass is 9.54. The van der Waals surface area contributed by atoms with Crippen molar-refractivity contribution in [2.45, 2.75) is 89.0 Å². The van der Waals surface area contributed by atoms with Crippen LogP contribution in [0.2, 0.25) is 5.31 Å². The van der Waals surface area contributed by atoms with Gasteiger partial charge in [-0.05, 0) is 65.9 Å². The van der Waals surface area contributed by atoms with Crippen molar-refractivity contribution < 1.29 is 13.5 Å². The summed E-state index contributed by atoms with van der Waals surface area (Å²) >= 11 is 0. The van der Waals surface area contributed by atoms with E-state index >= 15 is 0 Å². The maximum absolute atomic E-state index is 11.8. The van der Waals surface area contributed by atoms with Crippen LogP contribution < -0.4 is 5.14 Å².